The summed E-state index contributed by atoms with van der Waals surface area (Å²) in [4.78, 5) is 14.5. The predicted molar refractivity (Wildman–Crippen MR) is 70.7 cm³/mol. The fraction of sp³-hybridized carbons (Fsp3) is 0.533. The van der Waals surface area contributed by atoms with E-state index in [0.717, 1.165) is 31.2 Å². The summed E-state index contributed by atoms with van der Waals surface area (Å²) in [6.45, 7) is 0.932. The van der Waals surface area contributed by atoms with Crippen LogP contribution in [0.15, 0.2) is 24.3 Å². The van der Waals surface area contributed by atoms with Crippen LogP contribution in [0.1, 0.15) is 31.2 Å². The first kappa shape index (κ1) is 12.6. The van der Waals surface area contributed by atoms with Crippen LogP contribution >= 0.6 is 0 Å². The average molecular weight is 262 g/mol. The summed E-state index contributed by atoms with van der Waals surface area (Å²) in [6, 6.07) is 6.82. The van der Waals surface area contributed by atoms with Crippen molar-refractivity contribution in [2.75, 3.05) is 6.54 Å². The molecule has 0 bridgehead atoms. The van der Waals surface area contributed by atoms with Crippen molar-refractivity contribution in [3.05, 3.63) is 35.6 Å². The molecule has 102 valence electrons. The zero-order valence-electron chi connectivity index (χ0n) is 10.9. The maximum atomic E-state index is 13.2. The predicted octanol–water partition coefficient (Wildman–Crippen LogP) is 2.06. The number of hydrogen-bond donors (Lipinski definition) is 1. The van der Waals surface area contributed by atoms with E-state index in [1.165, 1.54) is 12.1 Å². The molecule has 0 heterocycles. The first-order valence-electron chi connectivity index (χ1n) is 6.90. The highest BCUT2D eigenvalue weighted by molar-refractivity contribution is 5.86. The summed E-state index contributed by atoms with van der Waals surface area (Å²) in [5, 5.41) is 0. The Morgan fingerprint density at radius 2 is 2.16 bits per heavy atom. The molecule has 2 saturated carbocycles. The van der Waals surface area contributed by atoms with Crippen molar-refractivity contribution in [1.29, 1.82) is 0 Å². The van der Waals surface area contributed by atoms with Crippen LogP contribution in [0.2, 0.25) is 0 Å². The molecule has 19 heavy (non-hydrogen) atoms. The summed E-state index contributed by atoms with van der Waals surface area (Å²) in [7, 11) is 0. The zero-order chi connectivity index (χ0) is 13.5. The van der Waals surface area contributed by atoms with Gasteiger partial charge in [0, 0.05) is 19.1 Å². The molecule has 0 aromatic heterocycles. The molecule has 2 N–H and O–H groups in total. The second kappa shape index (κ2) is 4.60. The lowest BCUT2D eigenvalue weighted by Crippen LogP contribution is -2.41. The highest BCUT2D eigenvalue weighted by Gasteiger charge is 2.52. The number of nitrogens with two attached hydrogens (primary N) is 1. The van der Waals surface area contributed by atoms with Gasteiger partial charge in [0.05, 0.1) is 5.41 Å². The Labute approximate surface area is 112 Å². The van der Waals surface area contributed by atoms with Gasteiger partial charge in [0.25, 0.3) is 0 Å². The van der Waals surface area contributed by atoms with Gasteiger partial charge in [-0.05, 0) is 43.4 Å². The first-order valence-corrected chi connectivity index (χ1v) is 6.90. The summed E-state index contributed by atoms with van der Waals surface area (Å²) < 4.78 is 13.2. The number of hydrogen-bond acceptors (Lipinski definition) is 2. The second-order valence-corrected chi connectivity index (χ2v) is 5.78. The topological polar surface area (TPSA) is 46.3 Å². The number of carbonyl (C=O) groups excluding carboxylic acids is 1. The van der Waals surface area contributed by atoms with Crippen molar-refractivity contribution in [2.24, 2.45) is 11.1 Å². The SMILES string of the molecule is NCC1(C(=O)N(Cc2cccc(F)c2)C2CC2)CC1. The minimum atomic E-state index is -0.310. The van der Waals surface area contributed by atoms with E-state index >= 15 is 0 Å². The fourth-order valence-electron chi connectivity index (χ4n) is 2.55. The standard InChI is InChI=1S/C15H19FN2O/c16-12-3-1-2-11(8-12)9-18(13-4-5-13)14(19)15(10-17)6-7-15/h1-3,8,13H,4-7,9-10,17H2. The number of benzene rings is 1. The van der Waals surface area contributed by atoms with Crippen molar-refractivity contribution >= 4 is 5.91 Å². The van der Waals surface area contributed by atoms with Gasteiger partial charge in [-0.1, -0.05) is 12.1 Å². The zero-order valence-corrected chi connectivity index (χ0v) is 10.9. The van der Waals surface area contributed by atoms with Gasteiger partial charge < -0.3 is 10.6 Å². The van der Waals surface area contributed by atoms with Gasteiger partial charge in [-0.15, -0.1) is 0 Å². The minimum Gasteiger partial charge on any atom is -0.335 e. The van der Waals surface area contributed by atoms with Gasteiger partial charge in [0.1, 0.15) is 5.82 Å². The maximum absolute atomic E-state index is 13.2. The minimum absolute atomic E-state index is 0.168. The number of rotatable bonds is 5. The molecule has 0 atom stereocenters. The van der Waals surface area contributed by atoms with Gasteiger partial charge in [-0.25, -0.2) is 4.39 Å². The van der Waals surface area contributed by atoms with Crippen LogP contribution in [-0.4, -0.2) is 23.4 Å². The monoisotopic (exact) mass is 262 g/mol. The van der Waals surface area contributed by atoms with Gasteiger partial charge in [-0.3, -0.25) is 4.79 Å². The van der Waals surface area contributed by atoms with Crippen LogP contribution in [0, 0.1) is 11.2 Å². The van der Waals surface area contributed by atoms with E-state index in [-0.39, 0.29) is 17.1 Å². The summed E-state index contributed by atoms with van der Waals surface area (Å²) in [6.07, 6.45) is 3.91. The largest absolute Gasteiger partial charge is 0.335 e. The van der Waals surface area contributed by atoms with Crippen LogP contribution in [0.5, 0.6) is 0 Å². The Morgan fingerprint density at radius 3 is 2.68 bits per heavy atom. The molecule has 2 fully saturated rings. The molecular formula is C15H19FN2O. The number of nitrogens with zero attached hydrogens (tertiary/aromatic N) is 1. The molecule has 2 aliphatic rings. The first-order chi connectivity index (χ1) is 9.14. The number of carbonyl (C=O) groups is 1. The van der Waals surface area contributed by atoms with Crippen molar-refractivity contribution in [1.82, 2.24) is 4.90 Å². The van der Waals surface area contributed by atoms with Crippen LogP contribution in [0.4, 0.5) is 4.39 Å². The van der Waals surface area contributed by atoms with Crippen molar-refractivity contribution in [3.63, 3.8) is 0 Å². The highest BCUT2D eigenvalue weighted by Crippen LogP contribution is 2.48. The second-order valence-electron chi connectivity index (χ2n) is 5.78. The van der Waals surface area contributed by atoms with Gasteiger partial charge >= 0.3 is 0 Å². The third kappa shape index (κ3) is 2.50. The van der Waals surface area contributed by atoms with Crippen molar-refractivity contribution in [3.8, 4) is 0 Å². The lowest BCUT2D eigenvalue weighted by atomic mass is 10.0. The maximum Gasteiger partial charge on any atom is 0.230 e. The molecule has 0 saturated heterocycles. The Kier molecular flexibility index (Phi) is 3.05. The molecule has 0 spiro atoms. The quantitative estimate of drug-likeness (QED) is 0.883. The van der Waals surface area contributed by atoms with Crippen LogP contribution in [0.3, 0.4) is 0 Å². The van der Waals surface area contributed by atoms with Crippen molar-refractivity contribution < 1.29 is 9.18 Å². The van der Waals surface area contributed by atoms with E-state index in [2.05, 4.69) is 0 Å². The summed E-state index contributed by atoms with van der Waals surface area (Å²) in [5.41, 5.74) is 6.28. The Morgan fingerprint density at radius 1 is 1.42 bits per heavy atom. The molecular weight excluding hydrogens is 243 g/mol. The molecule has 0 radical (unpaired) electrons. The highest BCUT2D eigenvalue weighted by atomic mass is 19.1. The average Bonchev–Trinajstić information content (AvgIpc) is 3.29. The van der Waals surface area contributed by atoms with E-state index in [1.807, 2.05) is 11.0 Å². The lowest BCUT2D eigenvalue weighted by Gasteiger charge is -2.27. The normalized spacial score (nSPS) is 20.1. The van der Waals surface area contributed by atoms with E-state index in [0.29, 0.717) is 19.1 Å². The smallest absolute Gasteiger partial charge is 0.230 e. The molecule has 1 amide bonds. The van der Waals surface area contributed by atoms with Crippen LogP contribution in [-0.2, 0) is 11.3 Å². The molecule has 0 aliphatic heterocycles. The van der Waals surface area contributed by atoms with Gasteiger partial charge in [0.15, 0.2) is 0 Å². The molecule has 4 heteroatoms. The van der Waals surface area contributed by atoms with Gasteiger partial charge in [-0.2, -0.15) is 0 Å². The molecule has 3 nitrogen and oxygen atoms in total. The number of amides is 1. The Balaban J connectivity index is 1.76. The Hall–Kier alpha value is -1.42. The van der Waals surface area contributed by atoms with E-state index < -0.39 is 0 Å². The lowest BCUT2D eigenvalue weighted by molar-refractivity contribution is -0.138. The fourth-order valence-corrected chi connectivity index (χ4v) is 2.55. The van der Waals surface area contributed by atoms with Crippen molar-refractivity contribution in [2.45, 2.75) is 38.3 Å². The van der Waals surface area contributed by atoms with Crippen LogP contribution in [0.25, 0.3) is 0 Å². The molecule has 3 rings (SSSR count). The van der Waals surface area contributed by atoms with Crippen LogP contribution < -0.4 is 5.73 Å². The third-order valence-corrected chi connectivity index (χ3v) is 4.19. The molecule has 2 aliphatic carbocycles. The third-order valence-electron chi connectivity index (χ3n) is 4.19. The molecule has 1 aromatic rings. The van der Waals surface area contributed by atoms with E-state index in [9.17, 15) is 9.18 Å². The Bertz CT molecular complexity index is 495. The molecule has 0 unspecified atom stereocenters. The summed E-state index contributed by atoms with van der Waals surface area (Å²) in [5.74, 6) is -0.0811. The summed E-state index contributed by atoms with van der Waals surface area (Å²) >= 11 is 0. The van der Waals surface area contributed by atoms with E-state index in [1.54, 1.807) is 6.07 Å². The van der Waals surface area contributed by atoms with E-state index in [4.69, 9.17) is 5.73 Å². The van der Waals surface area contributed by atoms with Gasteiger partial charge in [0.2, 0.25) is 5.91 Å². The number of halogens is 1. The molecule has 1 aromatic carbocycles.